The number of ketones is 1. The van der Waals surface area contributed by atoms with Crippen molar-refractivity contribution in [3.05, 3.63) is 65.4 Å². The van der Waals surface area contributed by atoms with Crippen LogP contribution in [0.2, 0.25) is 0 Å². The number of hydrogen-bond acceptors (Lipinski definition) is 6. The lowest BCUT2D eigenvalue weighted by Gasteiger charge is -2.04. The molecule has 1 aliphatic rings. The highest BCUT2D eigenvalue weighted by atomic mass is 32.2. The van der Waals surface area contributed by atoms with Crippen LogP contribution in [0.4, 0.5) is 0 Å². The minimum atomic E-state index is -3.62. The summed E-state index contributed by atoms with van der Waals surface area (Å²) in [5, 5.41) is 0.805. The number of carbonyl (C=O) groups excluding carboxylic acids is 2. The molecule has 160 valence electrons. The molecule has 1 aliphatic heterocycles. The van der Waals surface area contributed by atoms with Gasteiger partial charge in [-0.05, 0) is 24.1 Å². The predicted molar refractivity (Wildman–Crippen MR) is 116 cm³/mol. The summed E-state index contributed by atoms with van der Waals surface area (Å²) in [7, 11) is -3.62. The molecule has 0 fully saturated rings. The van der Waals surface area contributed by atoms with Crippen LogP contribution in [0.3, 0.4) is 0 Å². The van der Waals surface area contributed by atoms with Crippen LogP contribution in [-0.2, 0) is 26.0 Å². The number of aliphatic imine (C=N–C) groups is 1. The Labute approximate surface area is 179 Å². The summed E-state index contributed by atoms with van der Waals surface area (Å²) >= 11 is 0. The molecule has 0 saturated heterocycles. The number of esters is 1. The number of sulfonamides is 1. The zero-order chi connectivity index (χ0) is 22.0. The number of aryl methyl sites for hydroxylation is 1. The molecule has 0 amide bonds. The second-order valence-corrected chi connectivity index (χ2v) is 8.71. The van der Waals surface area contributed by atoms with Gasteiger partial charge < -0.3 is 9.72 Å². The molecular formula is C22H21N3O5S. The lowest BCUT2D eigenvalue weighted by atomic mass is 10.1. The van der Waals surface area contributed by atoms with E-state index in [-0.39, 0.29) is 36.1 Å². The SMILES string of the molecule is CCc1cccc2c(C(=O)COC(=O)CCN=C3NS(=O)(=O)c4ccccc43)c[nH]c12. The fourth-order valence-electron chi connectivity index (χ4n) is 3.55. The molecule has 2 aromatic carbocycles. The number of fused-ring (bicyclic) bond motifs is 2. The van der Waals surface area contributed by atoms with Crippen molar-refractivity contribution in [1.82, 2.24) is 9.71 Å². The van der Waals surface area contributed by atoms with Gasteiger partial charge >= 0.3 is 5.97 Å². The molecule has 8 nitrogen and oxygen atoms in total. The topological polar surface area (TPSA) is 118 Å². The number of carbonyl (C=O) groups is 2. The van der Waals surface area contributed by atoms with Crippen LogP contribution in [0.5, 0.6) is 0 Å². The molecule has 0 bridgehead atoms. The lowest BCUT2D eigenvalue weighted by molar-refractivity contribution is -0.142. The van der Waals surface area contributed by atoms with Crippen molar-refractivity contribution in [2.45, 2.75) is 24.7 Å². The first-order valence-corrected chi connectivity index (χ1v) is 11.3. The van der Waals surface area contributed by atoms with Gasteiger partial charge in [0.05, 0.1) is 17.9 Å². The number of para-hydroxylation sites is 1. The van der Waals surface area contributed by atoms with E-state index in [0.717, 1.165) is 22.9 Å². The van der Waals surface area contributed by atoms with Crippen LogP contribution in [0.1, 0.15) is 34.8 Å². The summed E-state index contributed by atoms with van der Waals surface area (Å²) in [6, 6.07) is 12.2. The van der Waals surface area contributed by atoms with Crippen LogP contribution in [-0.4, -0.2) is 44.1 Å². The average molecular weight is 439 g/mol. The minimum Gasteiger partial charge on any atom is -0.457 e. The first kappa shape index (κ1) is 20.8. The maximum atomic E-state index is 12.5. The number of ether oxygens (including phenoxy) is 1. The van der Waals surface area contributed by atoms with E-state index in [1.807, 2.05) is 25.1 Å². The average Bonchev–Trinajstić information content (AvgIpc) is 3.31. The van der Waals surface area contributed by atoms with Gasteiger partial charge in [0.1, 0.15) is 5.84 Å². The second-order valence-electron chi connectivity index (χ2n) is 7.06. The number of hydrogen-bond donors (Lipinski definition) is 2. The van der Waals surface area contributed by atoms with Gasteiger partial charge in [-0.2, -0.15) is 0 Å². The highest BCUT2D eigenvalue weighted by Gasteiger charge is 2.30. The fourth-order valence-corrected chi connectivity index (χ4v) is 4.80. The highest BCUT2D eigenvalue weighted by Crippen LogP contribution is 2.23. The van der Waals surface area contributed by atoms with E-state index in [0.29, 0.717) is 11.1 Å². The number of Topliss-reactive ketones (excluding diaryl/α,β-unsaturated/α-hetero) is 1. The lowest BCUT2D eigenvalue weighted by Crippen LogP contribution is -2.22. The van der Waals surface area contributed by atoms with Crippen LogP contribution < -0.4 is 4.72 Å². The Morgan fingerprint density at radius 3 is 2.71 bits per heavy atom. The molecule has 4 rings (SSSR count). The van der Waals surface area contributed by atoms with Crippen molar-refractivity contribution >= 4 is 38.5 Å². The maximum Gasteiger partial charge on any atom is 0.308 e. The van der Waals surface area contributed by atoms with Crippen molar-refractivity contribution in [3.8, 4) is 0 Å². The van der Waals surface area contributed by atoms with Crippen LogP contribution in [0.25, 0.3) is 10.9 Å². The molecule has 0 radical (unpaired) electrons. The minimum absolute atomic E-state index is 0.0339. The Hall–Kier alpha value is -3.46. The largest absolute Gasteiger partial charge is 0.457 e. The summed E-state index contributed by atoms with van der Waals surface area (Å²) in [5.41, 5.74) is 2.97. The summed E-state index contributed by atoms with van der Waals surface area (Å²) in [6.45, 7) is 1.71. The highest BCUT2D eigenvalue weighted by molar-refractivity contribution is 7.90. The molecule has 9 heteroatoms. The van der Waals surface area contributed by atoms with E-state index in [2.05, 4.69) is 14.7 Å². The van der Waals surface area contributed by atoms with Gasteiger partial charge in [0, 0.05) is 28.2 Å². The number of nitrogens with zero attached hydrogens (tertiary/aromatic N) is 1. The van der Waals surface area contributed by atoms with Gasteiger partial charge in [0.15, 0.2) is 6.61 Å². The number of aromatic amines is 1. The Kier molecular flexibility index (Phi) is 5.60. The number of aromatic nitrogens is 1. The summed E-state index contributed by atoms with van der Waals surface area (Å²) in [5.74, 6) is -0.678. The van der Waals surface area contributed by atoms with E-state index >= 15 is 0 Å². The summed E-state index contributed by atoms with van der Waals surface area (Å²) < 4.78 is 31.6. The van der Waals surface area contributed by atoms with E-state index < -0.39 is 16.0 Å². The van der Waals surface area contributed by atoms with Gasteiger partial charge in [-0.1, -0.05) is 37.3 Å². The van der Waals surface area contributed by atoms with E-state index in [4.69, 9.17) is 4.74 Å². The standard InChI is InChI=1S/C22H21N3O5S/c1-2-14-6-5-8-15-17(12-24-21(14)15)18(26)13-30-20(27)10-11-23-22-16-7-3-4-9-19(16)31(28,29)25-22/h3-9,12,24H,2,10-11,13H2,1H3,(H,23,25). The Balaban J connectivity index is 1.34. The molecule has 0 saturated carbocycles. The molecule has 0 atom stereocenters. The quantitative estimate of drug-likeness (QED) is 0.433. The first-order valence-electron chi connectivity index (χ1n) is 9.85. The predicted octanol–water partition coefficient (Wildman–Crippen LogP) is 2.59. The molecule has 31 heavy (non-hydrogen) atoms. The van der Waals surface area contributed by atoms with Crippen LogP contribution in [0, 0.1) is 0 Å². The zero-order valence-electron chi connectivity index (χ0n) is 16.8. The summed E-state index contributed by atoms with van der Waals surface area (Å²) in [4.78, 5) is 32.0. The van der Waals surface area contributed by atoms with Gasteiger partial charge in [0.25, 0.3) is 10.0 Å². The molecule has 2 heterocycles. The molecule has 1 aromatic heterocycles. The van der Waals surface area contributed by atoms with Gasteiger partial charge in [-0.25, -0.2) is 8.42 Å². The maximum absolute atomic E-state index is 12.5. The zero-order valence-corrected chi connectivity index (χ0v) is 17.7. The Morgan fingerprint density at radius 1 is 1.10 bits per heavy atom. The molecular weight excluding hydrogens is 418 g/mol. The van der Waals surface area contributed by atoms with Crippen LogP contribution >= 0.6 is 0 Å². The number of benzene rings is 2. The third-order valence-electron chi connectivity index (χ3n) is 5.10. The number of nitrogens with one attached hydrogen (secondary N) is 2. The third-order valence-corrected chi connectivity index (χ3v) is 6.49. The molecule has 0 spiro atoms. The molecule has 3 aromatic rings. The molecule has 0 unspecified atom stereocenters. The molecule has 2 N–H and O–H groups in total. The van der Waals surface area contributed by atoms with Crippen molar-refractivity contribution in [2.75, 3.05) is 13.2 Å². The van der Waals surface area contributed by atoms with E-state index in [1.165, 1.54) is 6.07 Å². The van der Waals surface area contributed by atoms with Crippen molar-refractivity contribution in [3.63, 3.8) is 0 Å². The molecule has 0 aliphatic carbocycles. The van der Waals surface area contributed by atoms with Crippen LogP contribution in [0.15, 0.2) is 58.5 Å². The Bertz CT molecular complexity index is 1310. The summed E-state index contributed by atoms with van der Waals surface area (Å²) in [6.07, 6.45) is 2.40. The van der Waals surface area contributed by atoms with Gasteiger partial charge in [0.2, 0.25) is 5.78 Å². The number of rotatable bonds is 7. The first-order chi connectivity index (χ1) is 14.9. The smallest absolute Gasteiger partial charge is 0.308 e. The van der Waals surface area contributed by atoms with Crippen molar-refractivity contribution in [2.24, 2.45) is 4.99 Å². The normalized spacial score (nSPS) is 15.6. The van der Waals surface area contributed by atoms with Crippen molar-refractivity contribution in [1.29, 1.82) is 0 Å². The van der Waals surface area contributed by atoms with Crippen molar-refractivity contribution < 1.29 is 22.7 Å². The fraction of sp³-hybridized carbons (Fsp3) is 0.227. The Morgan fingerprint density at radius 2 is 1.90 bits per heavy atom. The number of amidine groups is 1. The second kappa shape index (κ2) is 8.35. The van der Waals surface area contributed by atoms with E-state index in [1.54, 1.807) is 24.4 Å². The van der Waals surface area contributed by atoms with E-state index in [9.17, 15) is 18.0 Å². The van der Waals surface area contributed by atoms with Gasteiger partial charge in [-0.15, -0.1) is 0 Å². The number of H-pyrrole nitrogens is 1. The third kappa shape index (κ3) is 4.09. The monoisotopic (exact) mass is 439 g/mol. The van der Waals surface area contributed by atoms with Gasteiger partial charge in [-0.3, -0.25) is 19.3 Å².